The zero-order valence-corrected chi connectivity index (χ0v) is 24.0. The highest BCUT2D eigenvalue weighted by molar-refractivity contribution is 9.10. The van der Waals surface area contributed by atoms with Crippen LogP contribution in [0.4, 0.5) is 5.69 Å². The first-order valence-corrected chi connectivity index (χ1v) is 14.4. The second-order valence-electron chi connectivity index (χ2n) is 8.62. The van der Waals surface area contributed by atoms with Gasteiger partial charge in [0, 0.05) is 17.6 Å². The molecule has 0 radical (unpaired) electrons. The largest absolute Gasteiger partial charge is 0.495 e. The summed E-state index contributed by atoms with van der Waals surface area (Å²) in [6, 6.07) is 21.1. The Morgan fingerprint density at radius 3 is 2.34 bits per heavy atom. The molecule has 0 heterocycles. The lowest BCUT2D eigenvalue weighted by atomic mass is 10.1. The number of para-hydroxylation sites is 2. The van der Waals surface area contributed by atoms with E-state index in [1.807, 2.05) is 31.2 Å². The number of carbonyl (C=O) groups excluding carboxylic acids is 2. The number of hydrogen-bond acceptors (Lipinski definition) is 5. The standard InChI is InChI=1S/C28H32BrN3O5S/c1-4-17-30-28(34)21(2)31(19-22-11-10-12-23(29)18-22)27(33)20-32(25-15-8-9-16-26(25)37-3)38(35,36)24-13-6-5-7-14-24/h5-16,18,21H,4,17,19-20H2,1-3H3,(H,30,34). The van der Waals surface area contributed by atoms with Crippen molar-refractivity contribution in [2.45, 2.75) is 37.8 Å². The van der Waals surface area contributed by atoms with E-state index in [1.165, 1.54) is 24.1 Å². The molecule has 0 saturated carbocycles. The van der Waals surface area contributed by atoms with Crippen LogP contribution >= 0.6 is 15.9 Å². The fourth-order valence-corrected chi connectivity index (χ4v) is 5.77. The van der Waals surface area contributed by atoms with Gasteiger partial charge < -0.3 is 15.0 Å². The summed E-state index contributed by atoms with van der Waals surface area (Å²) in [7, 11) is -2.72. The maximum Gasteiger partial charge on any atom is 0.264 e. The van der Waals surface area contributed by atoms with Crippen LogP contribution in [0.1, 0.15) is 25.8 Å². The second kappa shape index (κ2) is 13.4. The minimum atomic E-state index is -4.16. The molecule has 38 heavy (non-hydrogen) atoms. The third-order valence-corrected chi connectivity index (χ3v) is 8.19. The molecule has 0 saturated heterocycles. The van der Waals surface area contributed by atoms with E-state index in [-0.39, 0.29) is 23.0 Å². The molecule has 8 nitrogen and oxygen atoms in total. The number of carbonyl (C=O) groups is 2. The average Bonchev–Trinajstić information content (AvgIpc) is 2.93. The molecule has 0 aromatic heterocycles. The van der Waals surface area contributed by atoms with Crippen LogP contribution in [-0.2, 0) is 26.2 Å². The van der Waals surface area contributed by atoms with Gasteiger partial charge in [0.15, 0.2) is 0 Å². The highest BCUT2D eigenvalue weighted by Gasteiger charge is 2.33. The molecule has 3 aromatic rings. The molecule has 0 aliphatic rings. The maximum absolute atomic E-state index is 13.9. The minimum absolute atomic E-state index is 0.0333. The molecule has 3 aromatic carbocycles. The van der Waals surface area contributed by atoms with E-state index in [0.717, 1.165) is 20.8 Å². The van der Waals surface area contributed by atoms with Crippen molar-refractivity contribution >= 4 is 43.5 Å². The van der Waals surface area contributed by atoms with Crippen molar-refractivity contribution in [3.05, 3.63) is 88.9 Å². The number of nitrogens with zero attached hydrogens (tertiary/aromatic N) is 2. The second-order valence-corrected chi connectivity index (χ2v) is 11.4. The van der Waals surface area contributed by atoms with Gasteiger partial charge in [-0.2, -0.15) is 0 Å². The molecule has 0 aliphatic heterocycles. The number of halogens is 1. The highest BCUT2D eigenvalue weighted by Crippen LogP contribution is 2.32. The topological polar surface area (TPSA) is 96.0 Å². The molecule has 10 heteroatoms. The Morgan fingerprint density at radius 2 is 1.68 bits per heavy atom. The van der Waals surface area contributed by atoms with E-state index < -0.39 is 28.5 Å². The summed E-state index contributed by atoms with van der Waals surface area (Å²) < 4.78 is 34.9. The molecule has 2 amide bonds. The van der Waals surface area contributed by atoms with Gasteiger partial charge in [-0.05, 0) is 55.3 Å². The summed E-state index contributed by atoms with van der Waals surface area (Å²) in [5.74, 6) is -0.549. The van der Waals surface area contributed by atoms with Crippen molar-refractivity contribution in [1.82, 2.24) is 10.2 Å². The fourth-order valence-electron chi connectivity index (χ4n) is 3.88. The molecule has 0 fully saturated rings. The van der Waals surface area contributed by atoms with Gasteiger partial charge in [0.2, 0.25) is 11.8 Å². The van der Waals surface area contributed by atoms with Crippen LogP contribution in [0.2, 0.25) is 0 Å². The normalized spacial score (nSPS) is 11.9. The fraction of sp³-hybridized carbons (Fsp3) is 0.286. The summed E-state index contributed by atoms with van der Waals surface area (Å²) in [4.78, 5) is 28.2. The lowest BCUT2D eigenvalue weighted by Crippen LogP contribution is -2.51. The summed E-state index contributed by atoms with van der Waals surface area (Å²) in [6.07, 6.45) is 0.745. The lowest BCUT2D eigenvalue weighted by molar-refractivity contribution is -0.139. The summed E-state index contributed by atoms with van der Waals surface area (Å²) in [6.45, 7) is 3.63. The molecule has 202 valence electrons. The van der Waals surface area contributed by atoms with Gasteiger partial charge in [-0.25, -0.2) is 8.42 Å². The molecule has 0 spiro atoms. The quantitative estimate of drug-likeness (QED) is 0.327. The van der Waals surface area contributed by atoms with E-state index in [2.05, 4.69) is 21.2 Å². The minimum Gasteiger partial charge on any atom is -0.495 e. The van der Waals surface area contributed by atoms with Crippen LogP contribution in [-0.4, -0.2) is 51.4 Å². The van der Waals surface area contributed by atoms with E-state index in [1.54, 1.807) is 49.4 Å². The van der Waals surface area contributed by atoms with Crippen LogP contribution in [0.25, 0.3) is 0 Å². The van der Waals surface area contributed by atoms with Crippen molar-refractivity contribution in [1.29, 1.82) is 0 Å². The zero-order chi connectivity index (χ0) is 27.7. The Hall–Kier alpha value is -3.37. The third kappa shape index (κ3) is 7.14. The first kappa shape index (κ1) is 29.2. The monoisotopic (exact) mass is 601 g/mol. The van der Waals surface area contributed by atoms with Gasteiger partial charge in [0.25, 0.3) is 10.0 Å². The number of rotatable bonds is 12. The van der Waals surface area contributed by atoms with Crippen LogP contribution in [0.15, 0.2) is 88.2 Å². The Labute approximate surface area is 232 Å². The van der Waals surface area contributed by atoms with Gasteiger partial charge in [-0.3, -0.25) is 13.9 Å². The molecule has 0 aliphatic carbocycles. The van der Waals surface area contributed by atoms with E-state index >= 15 is 0 Å². The number of methoxy groups -OCH3 is 1. The number of ether oxygens (including phenoxy) is 1. The Morgan fingerprint density at radius 1 is 1.00 bits per heavy atom. The molecule has 1 unspecified atom stereocenters. The van der Waals surface area contributed by atoms with Gasteiger partial charge in [0.1, 0.15) is 18.3 Å². The van der Waals surface area contributed by atoms with Gasteiger partial charge in [-0.15, -0.1) is 0 Å². The van der Waals surface area contributed by atoms with Gasteiger partial charge in [0.05, 0.1) is 17.7 Å². The van der Waals surface area contributed by atoms with Crippen molar-refractivity contribution < 1.29 is 22.7 Å². The summed E-state index contributed by atoms with van der Waals surface area (Å²) in [5.41, 5.74) is 1.01. The van der Waals surface area contributed by atoms with E-state index in [4.69, 9.17) is 4.74 Å². The van der Waals surface area contributed by atoms with Crippen molar-refractivity contribution in [3.8, 4) is 5.75 Å². The maximum atomic E-state index is 13.9. The predicted octanol–water partition coefficient (Wildman–Crippen LogP) is 4.60. The molecular formula is C28H32BrN3O5S. The smallest absolute Gasteiger partial charge is 0.264 e. The first-order chi connectivity index (χ1) is 18.2. The summed E-state index contributed by atoms with van der Waals surface area (Å²) in [5, 5.41) is 2.83. The number of anilines is 1. The Balaban J connectivity index is 2.04. The van der Waals surface area contributed by atoms with Gasteiger partial charge >= 0.3 is 0 Å². The van der Waals surface area contributed by atoms with Crippen LogP contribution in [0.5, 0.6) is 5.75 Å². The molecule has 1 N–H and O–H groups in total. The van der Waals surface area contributed by atoms with Gasteiger partial charge in [-0.1, -0.05) is 65.3 Å². The van der Waals surface area contributed by atoms with Crippen molar-refractivity contribution in [3.63, 3.8) is 0 Å². The SMILES string of the molecule is CCCNC(=O)C(C)N(Cc1cccc(Br)c1)C(=O)CN(c1ccccc1OC)S(=O)(=O)c1ccccc1. The Kier molecular flexibility index (Phi) is 10.3. The summed E-state index contributed by atoms with van der Waals surface area (Å²) >= 11 is 3.44. The Bertz CT molecular complexity index is 1350. The number of sulfonamides is 1. The first-order valence-electron chi connectivity index (χ1n) is 12.2. The molecule has 1 atom stereocenters. The van der Waals surface area contributed by atoms with Crippen LogP contribution in [0.3, 0.4) is 0 Å². The van der Waals surface area contributed by atoms with Crippen LogP contribution in [0, 0.1) is 0 Å². The third-order valence-electron chi connectivity index (χ3n) is 5.92. The van der Waals surface area contributed by atoms with Crippen LogP contribution < -0.4 is 14.4 Å². The number of amides is 2. The molecule has 3 rings (SSSR count). The molecule has 0 bridgehead atoms. The lowest BCUT2D eigenvalue weighted by Gasteiger charge is -2.32. The van der Waals surface area contributed by atoms with Crippen molar-refractivity contribution in [2.75, 3.05) is 24.5 Å². The highest BCUT2D eigenvalue weighted by atomic mass is 79.9. The van der Waals surface area contributed by atoms with E-state index in [9.17, 15) is 18.0 Å². The number of benzene rings is 3. The average molecular weight is 603 g/mol. The van der Waals surface area contributed by atoms with E-state index in [0.29, 0.717) is 12.3 Å². The number of nitrogens with one attached hydrogen (secondary N) is 1. The zero-order valence-electron chi connectivity index (χ0n) is 21.6. The van der Waals surface area contributed by atoms with Crippen molar-refractivity contribution in [2.24, 2.45) is 0 Å². The predicted molar refractivity (Wildman–Crippen MR) is 151 cm³/mol. The molecular weight excluding hydrogens is 570 g/mol. The number of hydrogen-bond donors (Lipinski definition) is 1.